The number of carbonyl (C=O) groups is 2. The number of allylic oxidation sites excluding steroid dienone is 1. The van der Waals surface area contributed by atoms with Crippen LogP contribution in [-0.4, -0.2) is 63.9 Å². The fraction of sp³-hybridized carbons (Fsp3) is 0.500. The van der Waals surface area contributed by atoms with Gasteiger partial charge >= 0.3 is 11.7 Å². The predicted molar refractivity (Wildman–Crippen MR) is 179 cm³/mol. The van der Waals surface area contributed by atoms with Crippen LogP contribution >= 0.6 is 0 Å². The second-order valence-corrected chi connectivity index (χ2v) is 15.6. The lowest BCUT2D eigenvalue weighted by molar-refractivity contribution is -0.121. The van der Waals surface area contributed by atoms with E-state index in [1.807, 2.05) is 13.8 Å². The molecule has 3 fully saturated rings. The minimum Gasteiger partial charge on any atom is -0.328 e. The Bertz CT molecular complexity index is 1910. The Hall–Kier alpha value is -3.97. The van der Waals surface area contributed by atoms with Gasteiger partial charge in [-0.3, -0.25) is 13.9 Å². The Morgan fingerprint density at radius 1 is 1.06 bits per heavy atom. The average molecular weight is 667 g/mol. The van der Waals surface area contributed by atoms with Crippen molar-refractivity contribution in [1.29, 1.82) is 0 Å². The molecule has 3 aliphatic rings. The van der Waals surface area contributed by atoms with Crippen molar-refractivity contribution in [3.05, 3.63) is 76.1 Å². The van der Waals surface area contributed by atoms with Gasteiger partial charge in [0.1, 0.15) is 5.82 Å². The third-order valence-electron chi connectivity index (χ3n) is 10.0. The van der Waals surface area contributed by atoms with E-state index < -0.39 is 27.4 Å². The number of hydrogen-bond acceptors (Lipinski definition) is 5. The molecule has 2 N–H and O–H groups in total. The summed E-state index contributed by atoms with van der Waals surface area (Å²) in [6.45, 7) is 9.19. The zero-order chi connectivity index (χ0) is 33.7. The fourth-order valence-corrected chi connectivity index (χ4v) is 9.45. The molecule has 0 radical (unpaired) electrons. The number of nitrogens with zero attached hydrogens (tertiary/aromatic N) is 4. The van der Waals surface area contributed by atoms with Crippen molar-refractivity contribution in [2.24, 2.45) is 7.05 Å². The Labute approximate surface area is 274 Å². The van der Waals surface area contributed by atoms with Crippen molar-refractivity contribution in [2.45, 2.75) is 82.0 Å². The molecule has 47 heavy (non-hydrogen) atoms. The molecule has 1 unspecified atom stereocenters. The van der Waals surface area contributed by atoms with Crippen LogP contribution in [0.1, 0.15) is 81.9 Å². The van der Waals surface area contributed by atoms with Crippen LogP contribution in [0, 0.1) is 5.82 Å². The zero-order valence-corrected chi connectivity index (χ0v) is 28.0. The lowest BCUT2D eigenvalue weighted by Crippen LogP contribution is -2.50. The van der Waals surface area contributed by atoms with Crippen LogP contribution in [0.5, 0.6) is 0 Å². The van der Waals surface area contributed by atoms with Gasteiger partial charge in [0.25, 0.3) is 0 Å². The molecule has 6 rings (SSSR count). The highest BCUT2D eigenvalue weighted by Crippen LogP contribution is 2.35. The van der Waals surface area contributed by atoms with Gasteiger partial charge in [0.05, 0.1) is 22.8 Å². The number of amides is 3. The maximum absolute atomic E-state index is 15.7. The van der Waals surface area contributed by atoms with Crippen LogP contribution in [0.2, 0.25) is 0 Å². The molecule has 252 valence electrons. The smallest absolute Gasteiger partial charge is 0.328 e. The van der Waals surface area contributed by atoms with E-state index in [9.17, 15) is 22.8 Å². The Morgan fingerprint density at radius 2 is 1.81 bits per heavy atom. The molecule has 11 nitrogen and oxygen atoms in total. The molecule has 1 aromatic heterocycles. The Kier molecular flexibility index (Phi) is 8.81. The van der Waals surface area contributed by atoms with Crippen molar-refractivity contribution in [1.82, 2.24) is 23.7 Å². The first kappa shape index (κ1) is 33.0. The molecule has 0 saturated carbocycles. The van der Waals surface area contributed by atoms with Crippen LogP contribution in [0.3, 0.4) is 0 Å². The van der Waals surface area contributed by atoms with Crippen LogP contribution in [-0.2, 0) is 27.6 Å². The van der Waals surface area contributed by atoms with E-state index in [4.69, 9.17) is 0 Å². The maximum atomic E-state index is 15.7. The topological polar surface area (TPSA) is 126 Å². The predicted octanol–water partition coefficient (Wildman–Crippen LogP) is 4.95. The first-order valence-electron chi connectivity index (χ1n) is 16.3. The van der Waals surface area contributed by atoms with Gasteiger partial charge in [-0.1, -0.05) is 25.1 Å². The number of nitrogens with one attached hydrogen (secondary N) is 2. The molecule has 13 heteroatoms. The molecule has 3 saturated heterocycles. The van der Waals surface area contributed by atoms with Gasteiger partial charge in [-0.2, -0.15) is 4.31 Å². The molecule has 3 aliphatic heterocycles. The Morgan fingerprint density at radius 3 is 2.51 bits per heavy atom. The van der Waals surface area contributed by atoms with E-state index >= 15 is 4.39 Å². The highest BCUT2D eigenvalue weighted by molar-refractivity contribution is 7.88. The molecular weight excluding hydrogens is 623 g/mol. The quantitative estimate of drug-likeness (QED) is 0.385. The van der Waals surface area contributed by atoms with E-state index in [1.54, 1.807) is 46.6 Å². The van der Waals surface area contributed by atoms with E-state index in [-0.39, 0.29) is 35.7 Å². The zero-order valence-electron chi connectivity index (χ0n) is 27.2. The van der Waals surface area contributed by atoms with Gasteiger partial charge in [0.15, 0.2) is 0 Å². The Balaban J connectivity index is 1.11. The van der Waals surface area contributed by atoms with E-state index in [0.29, 0.717) is 72.4 Å². The number of anilines is 1. The summed E-state index contributed by atoms with van der Waals surface area (Å²) in [5.41, 5.74) is 2.38. The largest absolute Gasteiger partial charge is 0.329 e. The van der Waals surface area contributed by atoms with Crippen molar-refractivity contribution in [3.8, 4) is 0 Å². The number of halogens is 1. The lowest BCUT2D eigenvalue weighted by atomic mass is 9.89. The van der Waals surface area contributed by atoms with Gasteiger partial charge in [-0.25, -0.2) is 22.4 Å². The number of sulfonamides is 1. The van der Waals surface area contributed by atoms with Gasteiger partial charge in [0, 0.05) is 56.1 Å². The number of benzene rings is 2. The number of fused-ring (bicyclic) bond motifs is 1. The number of hydrogen-bond donors (Lipinski definition) is 2. The highest BCUT2D eigenvalue weighted by Gasteiger charge is 2.38. The highest BCUT2D eigenvalue weighted by atomic mass is 32.2. The molecule has 2 aromatic carbocycles. The summed E-state index contributed by atoms with van der Waals surface area (Å²) >= 11 is 0. The molecule has 3 aromatic rings. The number of urea groups is 1. The average Bonchev–Trinajstić information content (AvgIpc) is 3.24. The molecule has 4 heterocycles. The first-order chi connectivity index (χ1) is 22.2. The van der Waals surface area contributed by atoms with Crippen LogP contribution in [0.15, 0.2) is 53.5 Å². The summed E-state index contributed by atoms with van der Waals surface area (Å²) in [5.74, 6) is -0.838. The van der Waals surface area contributed by atoms with E-state index in [2.05, 4.69) is 17.2 Å². The summed E-state index contributed by atoms with van der Waals surface area (Å²) < 4.78 is 46.9. The summed E-state index contributed by atoms with van der Waals surface area (Å²) in [6, 6.07) is 9.33. The molecule has 3 amide bonds. The number of carbonyl (C=O) groups excluding carboxylic acids is 2. The summed E-state index contributed by atoms with van der Waals surface area (Å²) in [4.78, 5) is 39.9. The van der Waals surface area contributed by atoms with Gasteiger partial charge < -0.3 is 15.5 Å². The first-order valence-corrected chi connectivity index (χ1v) is 17.9. The maximum Gasteiger partial charge on any atom is 0.329 e. The second kappa shape index (κ2) is 12.6. The summed E-state index contributed by atoms with van der Waals surface area (Å²) in [7, 11) is -1.88. The molecule has 0 bridgehead atoms. The third-order valence-corrected chi connectivity index (χ3v) is 12.1. The van der Waals surface area contributed by atoms with E-state index in [0.717, 1.165) is 19.3 Å². The lowest BCUT2D eigenvalue weighted by Gasteiger charge is -2.41. The molecular formula is C34H43FN6O5S. The number of aryl methyl sites for hydroxylation is 1. The number of aromatic nitrogens is 2. The van der Waals surface area contributed by atoms with Gasteiger partial charge in [-0.15, -0.1) is 0 Å². The summed E-state index contributed by atoms with van der Waals surface area (Å²) in [5, 5.41) is 5.61. The standard InChI is InChI=1S/C34H43FN6O5S/c1-22-28(10-11-31(42)36-22)41-30-20-27(35)26(19-29(30)38(4)33(41)44)24-12-16-39(17-13-24)32(43)37-25-9-7-8-23(18-25)21-47(45,46)40-15-6-5-14-34(40,2)3/h7-9,18-20,24,28H,1,5-6,10-17,21H2,2-4H3,(H,36,42)(H,37,43). The van der Waals surface area contributed by atoms with Crippen molar-refractivity contribution < 1.29 is 22.4 Å². The fourth-order valence-electron chi connectivity index (χ4n) is 7.44. The van der Waals surface area contributed by atoms with Crippen molar-refractivity contribution >= 4 is 38.7 Å². The SMILES string of the molecule is C=C1NC(=O)CCC1n1c(=O)n(C)c2cc(C3CCN(C(=O)Nc4cccc(CS(=O)(=O)N5CCCCC5(C)C)c4)CC3)c(F)cc21. The van der Waals surface area contributed by atoms with Crippen molar-refractivity contribution in [2.75, 3.05) is 25.0 Å². The molecule has 1 atom stereocenters. The van der Waals surface area contributed by atoms with Crippen LogP contribution in [0.4, 0.5) is 14.9 Å². The van der Waals surface area contributed by atoms with E-state index in [1.165, 1.54) is 15.2 Å². The minimum atomic E-state index is -3.53. The van der Waals surface area contributed by atoms with Crippen LogP contribution < -0.4 is 16.3 Å². The molecule has 0 aliphatic carbocycles. The monoisotopic (exact) mass is 666 g/mol. The number of imidazole rings is 1. The van der Waals surface area contributed by atoms with Gasteiger partial charge in [-0.05, 0) is 81.2 Å². The normalized spacial score (nSPS) is 21.2. The van der Waals surface area contributed by atoms with Crippen molar-refractivity contribution in [3.63, 3.8) is 0 Å². The van der Waals surface area contributed by atoms with Crippen LogP contribution in [0.25, 0.3) is 11.0 Å². The third kappa shape index (κ3) is 6.47. The van der Waals surface area contributed by atoms with Gasteiger partial charge in [0.2, 0.25) is 15.9 Å². The number of rotatable bonds is 6. The number of likely N-dealkylation sites (tertiary alicyclic amines) is 1. The molecule has 0 spiro atoms. The minimum absolute atomic E-state index is 0.137. The number of piperidine rings is 3. The second-order valence-electron chi connectivity index (χ2n) is 13.7. The summed E-state index contributed by atoms with van der Waals surface area (Å²) in [6.07, 6.45) is 4.43.